The molecule has 0 saturated heterocycles. The molecule has 1 heterocycles. The predicted octanol–water partition coefficient (Wildman–Crippen LogP) is 4.38. The van der Waals surface area contributed by atoms with E-state index in [0.29, 0.717) is 33.5 Å². The van der Waals surface area contributed by atoms with Crippen LogP contribution in [-0.2, 0) is 0 Å². The Kier molecular flexibility index (Phi) is 4.50. The fourth-order valence-electron chi connectivity index (χ4n) is 1.58. The second-order valence-corrected chi connectivity index (χ2v) is 6.52. The first-order chi connectivity index (χ1) is 9.02. The Labute approximate surface area is 128 Å². The molecular formula is C13H11BrClNO2S. The van der Waals surface area contributed by atoms with Gasteiger partial charge >= 0.3 is 0 Å². The van der Waals surface area contributed by atoms with E-state index in [0.717, 1.165) is 3.79 Å². The van der Waals surface area contributed by atoms with Gasteiger partial charge in [0.25, 0.3) is 0 Å². The van der Waals surface area contributed by atoms with Crippen LogP contribution in [0.1, 0.15) is 22.2 Å². The zero-order chi connectivity index (χ0) is 14.0. The molecule has 1 aromatic heterocycles. The molecule has 0 atom stereocenters. The average molecular weight is 361 g/mol. The van der Waals surface area contributed by atoms with E-state index < -0.39 is 0 Å². The Morgan fingerprint density at radius 1 is 1.47 bits per heavy atom. The molecule has 1 aromatic carbocycles. The predicted molar refractivity (Wildman–Crippen MR) is 82.5 cm³/mol. The van der Waals surface area contributed by atoms with Crippen LogP contribution in [0.5, 0.6) is 5.75 Å². The molecule has 19 heavy (non-hydrogen) atoms. The number of rotatable bonds is 4. The molecule has 0 aliphatic carbocycles. The van der Waals surface area contributed by atoms with Crippen LogP contribution >= 0.6 is 38.9 Å². The van der Waals surface area contributed by atoms with Crippen LogP contribution in [-0.4, -0.2) is 12.4 Å². The molecule has 0 fully saturated rings. The van der Waals surface area contributed by atoms with Crippen LogP contribution in [0, 0.1) is 0 Å². The number of carbonyl (C=O) groups excluding carboxylic acids is 1. The highest BCUT2D eigenvalue weighted by Gasteiger charge is 2.15. The number of carbonyl (C=O) groups is 1. The lowest BCUT2D eigenvalue weighted by molar-refractivity contribution is 0.104. The molecule has 0 unspecified atom stereocenters. The molecule has 100 valence electrons. The minimum absolute atomic E-state index is 0.104. The summed E-state index contributed by atoms with van der Waals surface area (Å²) in [6.07, 6.45) is 0. The van der Waals surface area contributed by atoms with Gasteiger partial charge in [0.2, 0.25) is 5.78 Å². The fraction of sp³-hybridized carbons (Fsp3) is 0.154. The van der Waals surface area contributed by atoms with Gasteiger partial charge in [0.15, 0.2) is 0 Å². The van der Waals surface area contributed by atoms with E-state index >= 15 is 0 Å². The smallest absolute Gasteiger partial charge is 0.203 e. The minimum atomic E-state index is -0.104. The molecule has 3 nitrogen and oxygen atoms in total. The molecule has 0 radical (unpaired) electrons. The van der Waals surface area contributed by atoms with Crippen molar-refractivity contribution in [1.29, 1.82) is 0 Å². The van der Waals surface area contributed by atoms with E-state index in [-0.39, 0.29) is 5.78 Å². The Balaban J connectivity index is 2.31. The summed E-state index contributed by atoms with van der Waals surface area (Å²) < 4.78 is 6.08. The minimum Gasteiger partial charge on any atom is -0.492 e. The molecule has 0 aliphatic rings. The number of ketones is 1. The van der Waals surface area contributed by atoms with E-state index in [4.69, 9.17) is 22.1 Å². The van der Waals surface area contributed by atoms with Crippen molar-refractivity contribution < 1.29 is 9.53 Å². The van der Waals surface area contributed by atoms with Crippen LogP contribution in [0.3, 0.4) is 0 Å². The average Bonchev–Trinajstić information content (AvgIpc) is 2.71. The zero-order valence-corrected chi connectivity index (χ0v) is 13.2. The summed E-state index contributed by atoms with van der Waals surface area (Å²) in [6.45, 7) is 2.41. The van der Waals surface area contributed by atoms with Gasteiger partial charge in [-0.15, -0.1) is 11.3 Å². The van der Waals surface area contributed by atoms with E-state index in [1.54, 1.807) is 24.3 Å². The maximum Gasteiger partial charge on any atom is 0.203 e. The highest BCUT2D eigenvalue weighted by Crippen LogP contribution is 2.34. The van der Waals surface area contributed by atoms with Crippen LogP contribution < -0.4 is 10.5 Å². The number of nitrogens with two attached hydrogens (primary N) is 1. The first-order valence-corrected chi connectivity index (χ1v) is 7.53. The SMILES string of the molecule is CCOc1ccc(C(=O)c2cc(Cl)c(Br)s2)cc1N. The normalized spacial score (nSPS) is 10.5. The van der Waals surface area contributed by atoms with Crippen molar-refractivity contribution in [3.63, 3.8) is 0 Å². The van der Waals surface area contributed by atoms with Gasteiger partial charge in [-0.25, -0.2) is 0 Å². The molecule has 6 heteroatoms. The van der Waals surface area contributed by atoms with Crippen molar-refractivity contribution in [3.05, 3.63) is 43.5 Å². The summed E-state index contributed by atoms with van der Waals surface area (Å²) in [5.74, 6) is 0.483. The quantitative estimate of drug-likeness (QED) is 0.650. The van der Waals surface area contributed by atoms with Crippen LogP contribution in [0.2, 0.25) is 5.02 Å². The van der Waals surface area contributed by atoms with Crippen molar-refractivity contribution in [2.24, 2.45) is 0 Å². The van der Waals surface area contributed by atoms with Crippen molar-refractivity contribution >= 4 is 50.3 Å². The number of ether oxygens (including phenoxy) is 1. The van der Waals surface area contributed by atoms with Crippen LogP contribution in [0.25, 0.3) is 0 Å². The first kappa shape index (κ1) is 14.4. The van der Waals surface area contributed by atoms with E-state index in [1.807, 2.05) is 6.92 Å². The molecule has 2 aromatic rings. The number of anilines is 1. The highest BCUT2D eigenvalue weighted by atomic mass is 79.9. The van der Waals surface area contributed by atoms with Gasteiger partial charge in [0.05, 0.1) is 26.0 Å². The third-order valence-corrected chi connectivity index (χ3v) is 4.91. The molecular weight excluding hydrogens is 350 g/mol. The summed E-state index contributed by atoms with van der Waals surface area (Å²) in [6, 6.07) is 6.67. The third kappa shape index (κ3) is 3.11. The molecule has 0 amide bonds. The number of thiophene rings is 1. The van der Waals surface area contributed by atoms with Crippen molar-refractivity contribution in [3.8, 4) is 5.75 Å². The molecule has 0 aliphatic heterocycles. The number of hydrogen-bond donors (Lipinski definition) is 1. The first-order valence-electron chi connectivity index (χ1n) is 5.54. The summed E-state index contributed by atoms with van der Waals surface area (Å²) in [4.78, 5) is 12.8. The van der Waals surface area contributed by atoms with Crippen LogP contribution in [0.15, 0.2) is 28.1 Å². The van der Waals surface area contributed by atoms with E-state index in [2.05, 4.69) is 15.9 Å². The molecule has 0 saturated carbocycles. The number of benzene rings is 1. The van der Waals surface area contributed by atoms with Gasteiger partial charge in [-0.3, -0.25) is 4.79 Å². The van der Waals surface area contributed by atoms with Gasteiger partial charge < -0.3 is 10.5 Å². The standard InChI is InChI=1S/C13H11BrClNO2S/c1-2-18-10-4-3-7(5-9(10)16)12(17)11-6-8(15)13(14)19-11/h3-6H,2,16H2,1H3. The number of hydrogen-bond acceptors (Lipinski definition) is 4. The van der Waals surface area contributed by atoms with Gasteiger partial charge in [-0.1, -0.05) is 11.6 Å². The Bertz CT molecular complexity index is 608. The molecule has 0 spiro atoms. The molecule has 2 rings (SSSR count). The lowest BCUT2D eigenvalue weighted by Crippen LogP contribution is -2.02. The maximum absolute atomic E-state index is 12.3. The van der Waals surface area contributed by atoms with E-state index in [1.165, 1.54) is 11.3 Å². The van der Waals surface area contributed by atoms with Gasteiger partial charge in [-0.05, 0) is 47.1 Å². The van der Waals surface area contributed by atoms with Gasteiger partial charge in [0.1, 0.15) is 5.75 Å². The Morgan fingerprint density at radius 3 is 2.74 bits per heavy atom. The fourth-order valence-corrected chi connectivity index (χ4v) is 3.24. The number of halogens is 2. The van der Waals surface area contributed by atoms with Crippen LogP contribution in [0.4, 0.5) is 5.69 Å². The zero-order valence-electron chi connectivity index (χ0n) is 10.1. The molecule has 2 N–H and O–H groups in total. The summed E-state index contributed by atoms with van der Waals surface area (Å²) in [5, 5.41) is 0.534. The largest absolute Gasteiger partial charge is 0.492 e. The molecule has 0 bridgehead atoms. The summed E-state index contributed by atoms with van der Waals surface area (Å²) in [7, 11) is 0. The van der Waals surface area contributed by atoms with Gasteiger partial charge in [-0.2, -0.15) is 0 Å². The lowest BCUT2D eigenvalue weighted by atomic mass is 10.1. The second-order valence-electron chi connectivity index (χ2n) is 3.75. The maximum atomic E-state index is 12.3. The Hall–Kier alpha value is -1.04. The van der Waals surface area contributed by atoms with E-state index in [9.17, 15) is 4.79 Å². The lowest BCUT2D eigenvalue weighted by Gasteiger charge is -2.07. The summed E-state index contributed by atoms with van der Waals surface area (Å²) in [5.41, 5.74) is 6.82. The Morgan fingerprint density at radius 2 is 2.21 bits per heavy atom. The van der Waals surface area contributed by atoms with Crippen molar-refractivity contribution in [1.82, 2.24) is 0 Å². The highest BCUT2D eigenvalue weighted by molar-refractivity contribution is 9.11. The third-order valence-electron chi connectivity index (χ3n) is 2.44. The van der Waals surface area contributed by atoms with Gasteiger partial charge in [0, 0.05) is 5.56 Å². The second kappa shape index (κ2) is 5.94. The topological polar surface area (TPSA) is 52.3 Å². The number of nitrogen functional groups attached to an aromatic ring is 1. The van der Waals surface area contributed by atoms with Crippen molar-refractivity contribution in [2.75, 3.05) is 12.3 Å². The summed E-state index contributed by atoms with van der Waals surface area (Å²) >= 11 is 10.5. The van der Waals surface area contributed by atoms with Crippen molar-refractivity contribution in [2.45, 2.75) is 6.92 Å². The monoisotopic (exact) mass is 359 g/mol.